The van der Waals surface area contributed by atoms with Crippen molar-refractivity contribution in [3.63, 3.8) is 0 Å². The first-order chi connectivity index (χ1) is 3.50. The van der Waals surface area contributed by atoms with Crippen molar-refractivity contribution in [3.05, 3.63) is 0 Å². The van der Waals surface area contributed by atoms with Gasteiger partial charge in [-0.05, 0) is 0 Å². The second-order valence-corrected chi connectivity index (χ2v) is 1.39. The molecule has 42 valence electrons. The normalized spacial score (nSPS) is 24.0. The van der Waals surface area contributed by atoms with Gasteiger partial charge in [-0.1, -0.05) is 0 Å². The molecular weight excluding hydrogens is 94.0 g/mol. The smallest absolute Gasteiger partial charge is 0.0946 e. The fourth-order valence-corrected chi connectivity index (χ4v) is 0.471. The van der Waals surface area contributed by atoms with Crippen LogP contribution in [0.5, 0.6) is 0 Å². The number of rotatable bonds is 0. The fraction of sp³-hybridized carbons (Fsp3) is 1.00. The lowest BCUT2D eigenvalue weighted by Gasteiger charge is -1.91. The van der Waals surface area contributed by atoms with E-state index in [1.165, 1.54) is 0 Å². The van der Waals surface area contributed by atoms with Crippen molar-refractivity contribution in [3.8, 4) is 0 Å². The Morgan fingerprint density at radius 1 is 1.00 bits per heavy atom. The van der Waals surface area contributed by atoms with Crippen LogP contribution in [0.4, 0.5) is 0 Å². The third kappa shape index (κ3) is 1.87. The zero-order chi connectivity index (χ0) is 4.95. The van der Waals surface area contributed by atoms with Crippen molar-refractivity contribution in [1.82, 2.24) is 5.32 Å². The summed E-state index contributed by atoms with van der Waals surface area (Å²) in [5.41, 5.74) is 0. The minimum absolute atomic E-state index is 0.667. The van der Waals surface area contributed by atoms with Gasteiger partial charge in [0.05, 0.1) is 13.2 Å². The molecule has 0 atom stereocenters. The number of nitrogens with one attached hydrogen (secondary N) is 1. The molecule has 0 spiro atoms. The van der Waals surface area contributed by atoms with Crippen LogP contribution in [-0.2, 0) is 9.78 Å². The highest BCUT2D eigenvalue weighted by Crippen LogP contribution is 1.80. The molecule has 0 aromatic rings. The van der Waals surface area contributed by atoms with Crippen LogP contribution in [0.1, 0.15) is 0 Å². The average Bonchev–Trinajstić information content (AvgIpc) is 1.90. The summed E-state index contributed by atoms with van der Waals surface area (Å²) in [7, 11) is 0. The highest BCUT2D eigenvalue weighted by molar-refractivity contribution is 4.44. The van der Waals surface area contributed by atoms with Gasteiger partial charge in [0.2, 0.25) is 0 Å². The molecular formula is C4H9NO2. The molecule has 0 amide bonds. The first-order valence-electron chi connectivity index (χ1n) is 2.45. The Kier molecular flexibility index (Phi) is 2.12. The summed E-state index contributed by atoms with van der Waals surface area (Å²) in [6.07, 6.45) is 0. The summed E-state index contributed by atoms with van der Waals surface area (Å²) in [6.45, 7) is 3.14. The van der Waals surface area contributed by atoms with Gasteiger partial charge in [-0.15, -0.1) is 0 Å². The van der Waals surface area contributed by atoms with E-state index >= 15 is 0 Å². The SMILES string of the molecule is C1COOCCN1. The molecule has 0 unspecified atom stereocenters. The molecule has 1 fully saturated rings. The molecule has 0 saturated carbocycles. The van der Waals surface area contributed by atoms with E-state index in [0.29, 0.717) is 13.2 Å². The molecule has 7 heavy (non-hydrogen) atoms. The lowest BCUT2D eigenvalue weighted by molar-refractivity contribution is -0.284. The maximum atomic E-state index is 4.63. The topological polar surface area (TPSA) is 30.5 Å². The molecule has 0 radical (unpaired) electrons. The molecule has 0 aromatic heterocycles. The third-order valence-corrected chi connectivity index (χ3v) is 0.808. The first-order valence-corrected chi connectivity index (χ1v) is 2.45. The Balaban J connectivity index is 2.04. The fourth-order valence-electron chi connectivity index (χ4n) is 0.471. The van der Waals surface area contributed by atoms with Crippen LogP contribution in [0.25, 0.3) is 0 Å². The maximum Gasteiger partial charge on any atom is 0.0946 e. The molecule has 0 aliphatic carbocycles. The van der Waals surface area contributed by atoms with E-state index in [4.69, 9.17) is 0 Å². The van der Waals surface area contributed by atoms with Crippen LogP contribution in [-0.4, -0.2) is 26.3 Å². The summed E-state index contributed by atoms with van der Waals surface area (Å²) in [4.78, 5) is 9.26. The highest BCUT2D eigenvalue weighted by atomic mass is 17.2. The molecule has 1 N–H and O–H groups in total. The minimum atomic E-state index is 0.667. The Bertz CT molecular complexity index is 29.3. The summed E-state index contributed by atoms with van der Waals surface area (Å²) >= 11 is 0. The van der Waals surface area contributed by atoms with Crippen LogP contribution in [0.15, 0.2) is 0 Å². The highest BCUT2D eigenvalue weighted by Gasteiger charge is 1.94. The molecule has 3 heteroatoms. The van der Waals surface area contributed by atoms with Gasteiger partial charge in [-0.3, -0.25) is 0 Å². The second kappa shape index (κ2) is 2.96. The lowest BCUT2D eigenvalue weighted by Crippen LogP contribution is -2.17. The maximum absolute atomic E-state index is 4.63. The van der Waals surface area contributed by atoms with Crippen LogP contribution >= 0.6 is 0 Å². The third-order valence-electron chi connectivity index (χ3n) is 0.808. The van der Waals surface area contributed by atoms with E-state index in [1.807, 2.05) is 0 Å². The van der Waals surface area contributed by atoms with Crippen LogP contribution in [0, 0.1) is 0 Å². The van der Waals surface area contributed by atoms with E-state index in [-0.39, 0.29) is 0 Å². The quantitative estimate of drug-likeness (QED) is 0.421. The van der Waals surface area contributed by atoms with Crippen molar-refractivity contribution >= 4 is 0 Å². The summed E-state index contributed by atoms with van der Waals surface area (Å²) in [6, 6.07) is 0. The summed E-state index contributed by atoms with van der Waals surface area (Å²) in [5, 5.41) is 3.10. The molecule has 0 bridgehead atoms. The van der Waals surface area contributed by atoms with E-state index in [2.05, 4.69) is 15.1 Å². The molecule has 1 heterocycles. The average molecular weight is 103 g/mol. The van der Waals surface area contributed by atoms with Gasteiger partial charge in [-0.25, -0.2) is 9.78 Å². The van der Waals surface area contributed by atoms with Gasteiger partial charge in [0.25, 0.3) is 0 Å². The zero-order valence-corrected chi connectivity index (χ0v) is 4.14. The van der Waals surface area contributed by atoms with Crippen LogP contribution < -0.4 is 5.32 Å². The van der Waals surface area contributed by atoms with Gasteiger partial charge in [-0.2, -0.15) is 0 Å². The molecule has 3 nitrogen and oxygen atoms in total. The van der Waals surface area contributed by atoms with Crippen molar-refractivity contribution in [2.24, 2.45) is 0 Å². The monoisotopic (exact) mass is 103 g/mol. The zero-order valence-electron chi connectivity index (χ0n) is 4.14. The minimum Gasteiger partial charge on any atom is -0.312 e. The standard InChI is InChI=1S/C4H9NO2/c1-3-6-7-4-2-5-1/h5H,1-4H2. The molecule has 1 aliphatic rings. The van der Waals surface area contributed by atoms with E-state index in [0.717, 1.165) is 13.1 Å². The van der Waals surface area contributed by atoms with E-state index < -0.39 is 0 Å². The van der Waals surface area contributed by atoms with Crippen molar-refractivity contribution < 1.29 is 9.78 Å². The second-order valence-electron chi connectivity index (χ2n) is 1.39. The van der Waals surface area contributed by atoms with Gasteiger partial charge in [0.1, 0.15) is 0 Å². The van der Waals surface area contributed by atoms with Crippen LogP contribution in [0.2, 0.25) is 0 Å². The summed E-state index contributed by atoms with van der Waals surface area (Å²) in [5.74, 6) is 0. The van der Waals surface area contributed by atoms with Gasteiger partial charge in [0, 0.05) is 13.1 Å². The Labute approximate surface area is 42.5 Å². The number of hydrogen-bond donors (Lipinski definition) is 1. The first kappa shape index (κ1) is 5.03. The summed E-state index contributed by atoms with van der Waals surface area (Å²) < 4.78 is 0. The van der Waals surface area contributed by atoms with Gasteiger partial charge in [0.15, 0.2) is 0 Å². The molecule has 1 saturated heterocycles. The molecule has 0 aromatic carbocycles. The van der Waals surface area contributed by atoms with Gasteiger partial charge < -0.3 is 5.32 Å². The van der Waals surface area contributed by atoms with Gasteiger partial charge >= 0.3 is 0 Å². The predicted octanol–water partition coefficient (Wildman–Crippen LogP) is -0.462. The lowest BCUT2D eigenvalue weighted by atomic mass is 10.6. The molecule has 1 rings (SSSR count). The van der Waals surface area contributed by atoms with E-state index in [9.17, 15) is 0 Å². The number of hydrogen-bond acceptors (Lipinski definition) is 3. The Morgan fingerprint density at radius 2 is 1.57 bits per heavy atom. The predicted molar refractivity (Wildman–Crippen MR) is 24.8 cm³/mol. The Morgan fingerprint density at radius 3 is 2.14 bits per heavy atom. The van der Waals surface area contributed by atoms with Crippen LogP contribution in [0.3, 0.4) is 0 Å². The largest absolute Gasteiger partial charge is 0.312 e. The Hall–Kier alpha value is -0.120. The van der Waals surface area contributed by atoms with Crippen molar-refractivity contribution in [2.75, 3.05) is 26.3 Å². The van der Waals surface area contributed by atoms with E-state index in [1.54, 1.807) is 0 Å². The molecule has 1 aliphatic heterocycles. The van der Waals surface area contributed by atoms with Crippen molar-refractivity contribution in [1.29, 1.82) is 0 Å². The van der Waals surface area contributed by atoms with Crippen molar-refractivity contribution in [2.45, 2.75) is 0 Å².